The SMILES string of the molecule is CN1CC2(CCC1=O)CCN(C(=O)c1ccccc1OC(F)F)CC2. The maximum Gasteiger partial charge on any atom is 0.387 e. The van der Waals surface area contributed by atoms with Gasteiger partial charge in [0, 0.05) is 33.1 Å². The molecule has 7 heteroatoms. The fourth-order valence-corrected chi connectivity index (χ4v) is 3.84. The molecule has 0 aromatic heterocycles. The molecule has 0 radical (unpaired) electrons. The molecular formula is C18H22F2N2O3. The van der Waals surface area contributed by atoms with Gasteiger partial charge in [0.1, 0.15) is 5.75 Å². The molecule has 2 heterocycles. The first-order chi connectivity index (χ1) is 11.9. The number of hydrogen-bond acceptors (Lipinski definition) is 3. The third-order valence-corrected chi connectivity index (χ3v) is 5.31. The molecule has 2 saturated heterocycles. The number of benzene rings is 1. The lowest BCUT2D eigenvalue weighted by Crippen LogP contribution is -2.51. The molecule has 1 aromatic carbocycles. The summed E-state index contributed by atoms with van der Waals surface area (Å²) in [6, 6.07) is 6.09. The summed E-state index contributed by atoms with van der Waals surface area (Å²) in [4.78, 5) is 27.9. The Morgan fingerprint density at radius 2 is 1.88 bits per heavy atom. The highest BCUT2D eigenvalue weighted by Gasteiger charge is 2.41. The zero-order chi connectivity index (χ0) is 18.0. The second-order valence-corrected chi connectivity index (χ2v) is 6.92. The minimum atomic E-state index is -2.96. The van der Waals surface area contributed by atoms with Gasteiger partial charge >= 0.3 is 6.61 Å². The van der Waals surface area contributed by atoms with Crippen LogP contribution in [0.1, 0.15) is 36.0 Å². The maximum atomic E-state index is 12.7. The van der Waals surface area contributed by atoms with Crippen molar-refractivity contribution in [3.63, 3.8) is 0 Å². The highest BCUT2D eigenvalue weighted by atomic mass is 19.3. The molecule has 1 aromatic rings. The van der Waals surface area contributed by atoms with Gasteiger partial charge in [-0.15, -0.1) is 0 Å². The van der Waals surface area contributed by atoms with Crippen molar-refractivity contribution in [1.29, 1.82) is 0 Å². The molecule has 1 spiro atoms. The van der Waals surface area contributed by atoms with Gasteiger partial charge in [0.2, 0.25) is 5.91 Å². The van der Waals surface area contributed by atoms with Gasteiger partial charge in [-0.2, -0.15) is 8.78 Å². The number of alkyl halides is 2. The summed E-state index contributed by atoms with van der Waals surface area (Å²) in [5.41, 5.74) is 0.230. The van der Waals surface area contributed by atoms with Gasteiger partial charge in [-0.05, 0) is 36.8 Å². The van der Waals surface area contributed by atoms with Crippen LogP contribution in [0.15, 0.2) is 24.3 Å². The molecule has 0 unspecified atom stereocenters. The summed E-state index contributed by atoms with van der Waals surface area (Å²) in [7, 11) is 1.82. The fraction of sp³-hybridized carbons (Fsp3) is 0.556. The van der Waals surface area contributed by atoms with Crippen molar-refractivity contribution >= 4 is 11.8 Å². The molecule has 0 saturated carbocycles. The van der Waals surface area contributed by atoms with Crippen LogP contribution in [0, 0.1) is 5.41 Å². The lowest BCUT2D eigenvalue weighted by Gasteiger charge is -2.46. The van der Waals surface area contributed by atoms with E-state index >= 15 is 0 Å². The molecule has 2 aliphatic heterocycles. The highest BCUT2D eigenvalue weighted by Crippen LogP contribution is 2.40. The second-order valence-electron chi connectivity index (χ2n) is 6.92. The Morgan fingerprint density at radius 1 is 1.20 bits per heavy atom. The highest BCUT2D eigenvalue weighted by molar-refractivity contribution is 5.97. The Labute approximate surface area is 145 Å². The largest absolute Gasteiger partial charge is 0.434 e. The number of para-hydroxylation sites is 1. The van der Waals surface area contributed by atoms with Crippen LogP contribution in [0.4, 0.5) is 8.78 Å². The van der Waals surface area contributed by atoms with Gasteiger partial charge in [0.25, 0.3) is 5.91 Å². The average molecular weight is 352 g/mol. The first kappa shape index (κ1) is 17.6. The van der Waals surface area contributed by atoms with Crippen LogP contribution in [0.25, 0.3) is 0 Å². The standard InChI is InChI=1S/C18H22F2N2O3/c1-21-12-18(7-6-15(21)23)8-10-22(11-9-18)16(24)13-4-2-3-5-14(13)25-17(19)20/h2-5,17H,6-12H2,1H3. The van der Waals surface area contributed by atoms with Crippen LogP contribution in [0.2, 0.25) is 0 Å². The molecule has 2 amide bonds. The topological polar surface area (TPSA) is 49.9 Å². The van der Waals surface area contributed by atoms with Gasteiger partial charge in [-0.1, -0.05) is 12.1 Å². The average Bonchev–Trinajstić information content (AvgIpc) is 2.59. The van der Waals surface area contributed by atoms with Crippen molar-refractivity contribution in [3.05, 3.63) is 29.8 Å². The molecule has 0 bridgehead atoms. The summed E-state index contributed by atoms with van der Waals surface area (Å²) in [5, 5.41) is 0. The third-order valence-electron chi connectivity index (χ3n) is 5.31. The van der Waals surface area contributed by atoms with E-state index in [4.69, 9.17) is 0 Å². The number of rotatable bonds is 3. The number of hydrogen-bond donors (Lipinski definition) is 0. The van der Waals surface area contributed by atoms with E-state index in [1.54, 1.807) is 21.9 Å². The van der Waals surface area contributed by atoms with E-state index in [1.807, 2.05) is 7.05 Å². The molecule has 25 heavy (non-hydrogen) atoms. The van der Waals surface area contributed by atoms with Crippen LogP contribution in [0.3, 0.4) is 0 Å². The zero-order valence-electron chi connectivity index (χ0n) is 14.2. The van der Waals surface area contributed by atoms with Crippen molar-refractivity contribution in [2.24, 2.45) is 5.41 Å². The fourth-order valence-electron chi connectivity index (χ4n) is 3.84. The number of nitrogens with zero attached hydrogens (tertiary/aromatic N) is 2. The molecule has 0 aliphatic carbocycles. The maximum absolute atomic E-state index is 12.7. The number of likely N-dealkylation sites (tertiary alicyclic amines) is 2. The summed E-state index contributed by atoms with van der Waals surface area (Å²) in [6.45, 7) is -1.12. The van der Waals surface area contributed by atoms with Crippen LogP contribution in [0.5, 0.6) is 5.75 Å². The van der Waals surface area contributed by atoms with Gasteiger partial charge < -0.3 is 14.5 Å². The van der Waals surface area contributed by atoms with E-state index in [9.17, 15) is 18.4 Å². The van der Waals surface area contributed by atoms with Crippen molar-refractivity contribution in [1.82, 2.24) is 9.80 Å². The molecule has 5 nitrogen and oxygen atoms in total. The second kappa shape index (κ2) is 6.98. The molecular weight excluding hydrogens is 330 g/mol. The van der Waals surface area contributed by atoms with Crippen LogP contribution in [-0.4, -0.2) is 54.9 Å². The van der Waals surface area contributed by atoms with E-state index in [0.29, 0.717) is 19.5 Å². The van der Waals surface area contributed by atoms with E-state index < -0.39 is 6.61 Å². The Morgan fingerprint density at radius 3 is 2.52 bits per heavy atom. The minimum absolute atomic E-state index is 0.0679. The number of piperidine rings is 2. The summed E-state index contributed by atoms with van der Waals surface area (Å²) in [6.07, 6.45) is 3.03. The molecule has 136 valence electrons. The Balaban J connectivity index is 1.67. The monoisotopic (exact) mass is 352 g/mol. The van der Waals surface area contributed by atoms with Crippen molar-refractivity contribution < 1.29 is 23.1 Å². The molecule has 0 N–H and O–H groups in total. The van der Waals surface area contributed by atoms with Crippen LogP contribution >= 0.6 is 0 Å². The quantitative estimate of drug-likeness (QED) is 0.841. The normalized spacial score (nSPS) is 20.2. The molecule has 0 atom stereocenters. The smallest absolute Gasteiger partial charge is 0.387 e. The number of ether oxygens (including phenoxy) is 1. The lowest BCUT2D eigenvalue weighted by molar-refractivity contribution is -0.137. The van der Waals surface area contributed by atoms with Crippen LogP contribution < -0.4 is 4.74 Å². The van der Waals surface area contributed by atoms with E-state index in [0.717, 1.165) is 25.8 Å². The number of amides is 2. The predicted molar refractivity (Wildman–Crippen MR) is 87.5 cm³/mol. The first-order valence-electron chi connectivity index (χ1n) is 8.47. The predicted octanol–water partition coefficient (Wildman–Crippen LogP) is 2.76. The lowest BCUT2D eigenvalue weighted by atomic mass is 9.72. The molecule has 3 rings (SSSR count). The van der Waals surface area contributed by atoms with Gasteiger partial charge in [0.15, 0.2) is 0 Å². The van der Waals surface area contributed by atoms with Crippen molar-refractivity contribution in [2.75, 3.05) is 26.7 Å². The minimum Gasteiger partial charge on any atom is -0.434 e. The summed E-state index contributed by atoms with van der Waals surface area (Å²) >= 11 is 0. The van der Waals surface area contributed by atoms with E-state index in [2.05, 4.69) is 4.74 Å². The van der Waals surface area contributed by atoms with E-state index in [1.165, 1.54) is 12.1 Å². The first-order valence-corrected chi connectivity index (χ1v) is 8.47. The van der Waals surface area contributed by atoms with Gasteiger partial charge in [-0.3, -0.25) is 9.59 Å². The summed E-state index contributed by atoms with van der Waals surface area (Å²) in [5.74, 6) is -0.209. The zero-order valence-corrected chi connectivity index (χ0v) is 14.2. The Kier molecular flexibility index (Phi) is 4.92. The van der Waals surface area contributed by atoms with Crippen molar-refractivity contribution in [2.45, 2.75) is 32.3 Å². The number of halogens is 2. The van der Waals surface area contributed by atoms with E-state index in [-0.39, 0.29) is 28.5 Å². The third kappa shape index (κ3) is 3.75. The molecule has 2 aliphatic rings. The summed E-state index contributed by atoms with van der Waals surface area (Å²) < 4.78 is 29.5. The number of carbonyl (C=O) groups excluding carboxylic acids is 2. The number of carbonyl (C=O) groups is 2. The Bertz CT molecular complexity index is 657. The van der Waals surface area contributed by atoms with Crippen LogP contribution in [-0.2, 0) is 4.79 Å². The Hall–Kier alpha value is -2.18. The van der Waals surface area contributed by atoms with Gasteiger partial charge in [-0.25, -0.2) is 0 Å². The van der Waals surface area contributed by atoms with Crippen molar-refractivity contribution in [3.8, 4) is 5.75 Å². The van der Waals surface area contributed by atoms with Gasteiger partial charge in [0.05, 0.1) is 5.56 Å². The molecule has 2 fully saturated rings.